The van der Waals surface area contributed by atoms with Gasteiger partial charge >= 0.3 is 0 Å². The Kier molecular flexibility index (Phi) is 3.74. The van der Waals surface area contributed by atoms with Crippen LogP contribution in [0.1, 0.15) is 24.5 Å². The molecule has 0 unspecified atom stereocenters. The molecule has 1 aromatic carbocycles. The topological polar surface area (TPSA) is 29.0 Å². The molecule has 1 atom stereocenters. The minimum Gasteiger partial charge on any atom is -0.306 e. The predicted octanol–water partition coefficient (Wildman–Crippen LogP) is 3.09. The number of piperidine rings is 1. The zero-order valence-corrected chi connectivity index (χ0v) is 11.6. The lowest BCUT2D eigenvalue weighted by Crippen LogP contribution is -2.31. The summed E-state index contributed by atoms with van der Waals surface area (Å²) < 4.78 is 13.1. The van der Waals surface area contributed by atoms with E-state index in [1.54, 1.807) is 24.5 Å². The van der Waals surface area contributed by atoms with Crippen molar-refractivity contribution in [2.45, 2.75) is 18.8 Å². The van der Waals surface area contributed by atoms with Crippen LogP contribution in [0.4, 0.5) is 4.39 Å². The molecule has 1 aliphatic rings. The first-order valence-corrected chi connectivity index (χ1v) is 6.99. The highest BCUT2D eigenvalue weighted by atomic mass is 19.1. The second-order valence-electron chi connectivity index (χ2n) is 5.40. The van der Waals surface area contributed by atoms with E-state index in [1.165, 1.54) is 18.6 Å². The Morgan fingerprint density at radius 3 is 2.65 bits per heavy atom. The summed E-state index contributed by atoms with van der Waals surface area (Å²) in [6.45, 7) is 2.15. The summed E-state index contributed by atoms with van der Waals surface area (Å²) in [5.74, 6) is 0.180. The molecule has 0 saturated carbocycles. The minimum atomic E-state index is -0.225. The van der Waals surface area contributed by atoms with Gasteiger partial charge in [-0.05, 0) is 50.7 Å². The van der Waals surface area contributed by atoms with Gasteiger partial charge in [-0.25, -0.2) is 4.39 Å². The molecule has 104 valence electrons. The third kappa shape index (κ3) is 2.70. The van der Waals surface area contributed by atoms with Crippen molar-refractivity contribution in [3.05, 3.63) is 48.2 Å². The fourth-order valence-corrected chi connectivity index (χ4v) is 2.87. The first-order valence-electron chi connectivity index (χ1n) is 6.99. The van der Waals surface area contributed by atoms with Crippen LogP contribution in [0.5, 0.6) is 0 Å². The molecule has 1 fully saturated rings. The van der Waals surface area contributed by atoms with E-state index in [2.05, 4.69) is 21.9 Å². The van der Waals surface area contributed by atoms with Gasteiger partial charge in [-0.3, -0.25) is 9.97 Å². The zero-order chi connectivity index (χ0) is 13.9. The fraction of sp³-hybridized carbons (Fsp3) is 0.375. The van der Waals surface area contributed by atoms with Crippen LogP contribution in [-0.4, -0.2) is 35.0 Å². The zero-order valence-electron chi connectivity index (χ0n) is 11.6. The van der Waals surface area contributed by atoms with Gasteiger partial charge in [0.2, 0.25) is 0 Å². The standard InChI is InChI=1S/C16H18FN3/c1-20-10-2-3-13(11-20)16-15(18-8-9-19-16)12-4-6-14(17)7-5-12/h4-9,13H,2-3,10-11H2,1H3/t13-/m1/s1. The number of likely N-dealkylation sites (tertiary alicyclic amines) is 1. The summed E-state index contributed by atoms with van der Waals surface area (Å²) in [6, 6.07) is 6.49. The number of rotatable bonds is 2. The van der Waals surface area contributed by atoms with Crippen molar-refractivity contribution in [1.29, 1.82) is 0 Å². The average Bonchev–Trinajstić information content (AvgIpc) is 2.48. The molecular weight excluding hydrogens is 253 g/mol. The highest BCUT2D eigenvalue weighted by molar-refractivity contribution is 5.62. The third-order valence-electron chi connectivity index (χ3n) is 3.86. The van der Waals surface area contributed by atoms with Gasteiger partial charge in [0.15, 0.2) is 0 Å². The van der Waals surface area contributed by atoms with Crippen LogP contribution in [-0.2, 0) is 0 Å². The predicted molar refractivity (Wildman–Crippen MR) is 76.9 cm³/mol. The molecule has 0 radical (unpaired) electrons. The number of aromatic nitrogens is 2. The van der Waals surface area contributed by atoms with Gasteiger partial charge in [0.25, 0.3) is 0 Å². The smallest absolute Gasteiger partial charge is 0.123 e. The summed E-state index contributed by atoms with van der Waals surface area (Å²) in [6.07, 6.45) is 5.77. The van der Waals surface area contributed by atoms with Crippen molar-refractivity contribution in [2.24, 2.45) is 0 Å². The number of likely N-dealkylation sites (N-methyl/N-ethyl adjacent to an activating group) is 1. The van der Waals surface area contributed by atoms with E-state index in [0.717, 1.165) is 36.5 Å². The van der Waals surface area contributed by atoms with Gasteiger partial charge in [0, 0.05) is 30.4 Å². The number of halogens is 1. The molecule has 20 heavy (non-hydrogen) atoms. The molecule has 1 aromatic heterocycles. The second kappa shape index (κ2) is 5.67. The Labute approximate surface area is 118 Å². The van der Waals surface area contributed by atoms with E-state index in [9.17, 15) is 4.39 Å². The van der Waals surface area contributed by atoms with Gasteiger partial charge in [-0.2, -0.15) is 0 Å². The van der Waals surface area contributed by atoms with Gasteiger partial charge < -0.3 is 4.90 Å². The SMILES string of the molecule is CN1CCC[C@@H](c2nccnc2-c2ccc(F)cc2)C1. The van der Waals surface area contributed by atoms with Crippen molar-refractivity contribution in [2.75, 3.05) is 20.1 Å². The summed E-state index contributed by atoms with van der Waals surface area (Å²) in [5.41, 5.74) is 2.85. The Morgan fingerprint density at radius 2 is 1.90 bits per heavy atom. The Morgan fingerprint density at radius 1 is 1.15 bits per heavy atom. The molecule has 1 aliphatic heterocycles. The molecule has 3 nitrogen and oxygen atoms in total. The normalized spacial score (nSPS) is 20.0. The molecule has 1 saturated heterocycles. The van der Waals surface area contributed by atoms with Gasteiger partial charge in [0.1, 0.15) is 5.82 Å². The van der Waals surface area contributed by atoms with Crippen LogP contribution in [0, 0.1) is 5.82 Å². The van der Waals surface area contributed by atoms with Gasteiger partial charge in [-0.1, -0.05) is 0 Å². The molecule has 4 heteroatoms. The summed E-state index contributed by atoms with van der Waals surface area (Å²) in [4.78, 5) is 11.4. The molecule has 0 spiro atoms. The van der Waals surface area contributed by atoms with Crippen LogP contribution in [0.25, 0.3) is 11.3 Å². The van der Waals surface area contributed by atoms with E-state index < -0.39 is 0 Å². The highest BCUT2D eigenvalue weighted by Gasteiger charge is 2.23. The maximum Gasteiger partial charge on any atom is 0.123 e. The lowest BCUT2D eigenvalue weighted by Gasteiger charge is -2.30. The van der Waals surface area contributed by atoms with E-state index in [0.29, 0.717) is 5.92 Å². The molecule has 2 aromatic rings. The molecule has 0 N–H and O–H groups in total. The molecule has 3 rings (SSSR count). The lowest BCUT2D eigenvalue weighted by molar-refractivity contribution is 0.248. The molecule has 0 aliphatic carbocycles. The molecule has 0 amide bonds. The van der Waals surface area contributed by atoms with Gasteiger partial charge in [0.05, 0.1) is 11.4 Å². The van der Waals surface area contributed by atoms with Crippen molar-refractivity contribution < 1.29 is 4.39 Å². The number of benzene rings is 1. The Balaban J connectivity index is 1.97. The molecular formula is C16H18FN3. The number of hydrogen-bond acceptors (Lipinski definition) is 3. The fourth-order valence-electron chi connectivity index (χ4n) is 2.87. The van der Waals surface area contributed by atoms with Crippen LogP contribution < -0.4 is 0 Å². The first kappa shape index (κ1) is 13.2. The van der Waals surface area contributed by atoms with Crippen molar-refractivity contribution >= 4 is 0 Å². The number of hydrogen-bond donors (Lipinski definition) is 0. The maximum atomic E-state index is 13.1. The van der Waals surface area contributed by atoms with E-state index >= 15 is 0 Å². The maximum absolute atomic E-state index is 13.1. The van der Waals surface area contributed by atoms with E-state index in [1.807, 2.05) is 0 Å². The van der Waals surface area contributed by atoms with Crippen LogP contribution in [0.3, 0.4) is 0 Å². The summed E-state index contributed by atoms with van der Waals surface area (Å²) >= 11 is 0. The molecule has 0 bridgehead atoms. The van der Waals surface area contributed by atoms with Crippen molar-refractivity contribution in [3.8, 4) is 11.3 Å². The minimum absolute atomic E-state index is 0.225. The number of nitrogens with zero attached hydrogens (tertiary/aromatic N) is 3. The summed E-state index contributed by atoms with van der Waals surface area (Å²) in [5, 5.41) is 0. The second-order valence-corrected chi connectivity index (χ2v) is 5.40. The van der Waals surface area contributed by atoms with Gasteiger partial charge in [-0.15, -0.1) is 0 Å². The monoisotopic (exact) mass is 271 g/mol. The quantitative estimate of drug-likeness (QED) is 0.840. The molecule has 2 heterocycles. The van der Waals surface area contributed by atoms with Crippen LogP contribution in [0.2, 0.25) is 0 Å². The van der Waals surface area contributed by atoms with E-state index in [4.69, 9.17) is 0 Å². The summed E-state index contributed by atoms with van der Waals surface area (Å²) in [7, 11) is 2.14. The lowest BCUT2D eigenvalue weighted by atomic mass is 9.92. The van der Waals surface area contributed by atoms with Crippen molar-refractivity contribution in [3.63, 3.8) is 0 Å². The largest absolute Gasteiger partial charge is 0.306 e. The average molecular weight is 271 g/mol. The van der Waals surface area contributed by atoms with Crippen molar-refractivity contribution in [1.82, 2.24) is 14.9 Å². The third-order valence-corrected chi connectivity index (χ3v) is 3.86. The van der Waals surface area contributed by atoms with E-state index in [-0.39, 0.29) is 5.82 Å². The Hall–Kier alpha value is -1.81. The Bertz CT molecular complexity index is 583. The first-order chi connectivity index (χ1) is 9.74. The van der Waals surface area contributed by atoms with Crippen LogP contribution >= 0.6 is 0 Å². The van der Waals surface area contributed by atoms with Crippen LogP contribution in [0.15, 0.2) is 36.7 Å². The highest BCUT2D eigenvalue weighted by Crippen LogP contribution is 2.31.